The maximum absolute atomic E-state index is 13.5. The SMILES string of the molecule is O=C(Nc1cnccn1)N1c2nc(N3CCC[C@@H]3C(F)(F)F)ccc2N2CC[C@H]1C2. The number of halogens is 3. The van der Waals surface area contributed by atoms with Gasteiger partial charge >= 0.3 is 12.2 Å². The monoisotopic (exact) mass is 419 g/mol. The van der Waals surface area contributed by atoms with E-state index in [4.69, 9.17) is 0 Å². The van der Waals surface area contributed by atoms with E-state index in [1.165, 1.54) is 23.5 Å². The first-order valence-electron chi connectivity index (χ1n) is 9.87. The standard InChI is InChI=1S/C19H20F3N7O/c20-19(21,22)14-2-1-8-28(14)16-4-3-13-17(26-16)29(12-5-9-27(13)11-12)18(30)25-15-10-23-6-7-24-15/h3-4,6-7,10,12,14H,1-2,5,8-9,11H2,(H,24,25,30)/t12-,14+/m0/s1. The van der Waals surface area contributed by atoms with E-state index in [0.717, 1.165) is 18.7 Å². The maximum atomic E-state index is 13.5. The highest BCUT2D eigenvalue weighted by molar-refractivity contribution is 6.04. The fraction of sp³-hybridized carbons (Fsp3) is 0.474. The Bertz CT molecular complexity index is 955. The number of rotatable bonds is 2. The third-order valence-electron chi connectivity index (χ3n) is 5.88. The van der Waals surface area contributed by atoms with Gasteiger partial charge in [-0.2, -0.15) is 13.2 Å². The lowest BCUT2D eigenvalue weighted by Gasteiger charge is -2.37. The van der Waals surface area contributed by atoms with Crippen molar-refractivity contribution in [3.63, 3.8) is 0 Å². The first-order chi connectivity index (χ1) is 14.4. The topological polar surface area (TPSA) is 77.5 Å². The molecule has 2 saturated heterocycles. The number of amides is 2. The normalized spacial score (nSPS) is 23.0. The summed E-state index contributed by atoms with van der Waals surface area (Å²) in [5.74, 6) is 0.932. The number of nitrogens with one attached hydrogen (secondary N) is 1. The minimum absolute atomic E-state index is 0.0495. The van der Waals surface area contributed by atoms with Crippen LogP contribution < -0.4 is 20.0 Å². The van der Waals surface area contributed by atoms with Crippen LogP contribution in [-0.4, -0.2) is 58.9 Å². The van der Waals surface area contributed by atoms with Crippen molar-refractivity contribution in [1.82, 2.24) is 15.0 Å². The van der Waals surface area contributed by atoms with Gasteiger partial charge in [0.1, 0.15) is 11.9 Å². The van der Waals surface area contributed by atoms with Crippen LogP contribution in [0.1, 0.15) is 19.3 Å². The Morgan fingerprint density at radius 3 is 2.80 bits per heavy atom. The quantitative estimate of drug-likeness (QED) is 0.807. The molecule has 11 heteroatoms. The molecule has 3 aliphatic rings. The van der Waals surface area contributed by atoms with Gasteiger partial charge in [-0.1, -0.05) is 0 Å². The molecule has 8 nitrogen and oxygen atoms in total. The van der Waals surface area contributed by atoms with E-state index in [1.807, 2.05) is 0 Å². The number of pyridine rings is 1. The van der Waals surface area contributed by atoms with Crippen LogP contribution in [0.25, 0.3) is 0 Å². The van der Waals surface area contributed by atoms with Gasteiger partial charge in [0.15, 0.2) is 11.6 Å². The highest BCUT2D eigenvalue weighted by atomic mass is 19.4. The number of carbonyl (C=O) groups excluding carboxylic acids is 1. The molecule has 2 bridgehead atoms. The second-order valence-corrected chi connectivity index (χ2v) is 7.68. The summed E-state index contributed by atoms with van der Waals surface area (Å²) >= 11 is 0. The van der Waals surface area contributed by atoms with E-state index in [1.54, 1.807) is 17.0 Å². The van der Waals surface area contributed by atoms with Gasteiger partial charge in [0.25, 0.3) is 0 Å². The van der Waals surface area contributed by atoms with Crippen molar-refractivity contribution in [1.29, 1.82) is 0 Å². The molecule has 2 aromatic rings. The van der Waals surface area contributed by atoms with Crippen LogP contribution in [0.15, 0.2) is 30.7 Å². The Kier molecular flexibility index (Phi) is 4.40. The van der Waals surface area contributed by atoms with Gasteiger partial charge in [0.2, 0.25) is 0 Å². The summed E-state index contributed by atoms with van der Waals surface area (Å²) in [4.78, 5) is 30.6. The summed E-state index contributed by atoms with van der Waals surface area (Å²) in [6.45, 7) is 1.72. The van der Waals surface area contributed by atoms with Crippen molar-refractivity contribution >= 4 is 29.2 Å². The Morgan fingerprint density at radius 1 is 1.17 bits per heavy atom. The van der Waals surface area contributed by atoms with E-state index >= 15 is 0 Å². The highest BCUT2D eigenvalue weighted by Gasteiger charge is 2.47. The molecule has 2 aromatic heterocycles. The molecule has 0 aliphatic carbocycles. The van der Waals surface area contributed by atoms with Crippen molar-refractivity contribution in [2.45, 2.75) is 37.5 Å². The molecule has 2 amide bonds. The first-order valence-corrected chi connectivity index (χ1v) is 9.87. The van der Waals surface area contributed by atoms with Crippen LogP contribution in [0.5, 0.6) is 0 Å². The molecule has 0 unspecified atom stereocenters. The first kappa shape index (κ1) is 18.9. The number of nitrogens with zero attached hydrogens (tertiary/aromatic N) is 6. The number of anilines is 4. The molecule has 158 valence electrons. The number of alkyl halides is 3. The van der Waals surface area contributed by atoms with Crippen molar-refractivity contribution in [3.05, 3.63) is 30.7 Å². The van der Waals surface area contributed by atoms with E-state index in [0.29, 0.717) is 24.6 Å². The summed E-state index contributed by atoms with van der Waals surface area (Å²) in [5, 5.41) is 2.72. The summed E-state index contributed by atoms with van der Waals surface area (Å²) in [7, 11) is 0. The van der Waals surface area contributed by atoms with Crippen molar-refractivity contribution in [2.24, 2.45) is 0 Å². The van der Waals surface area contributed by atoms with Gasteiger partial charge in [0, 0.05) is 32.0 Å². The van der Waals surface area contributed by atoms with Crippen LogP contribution in [-0.2, 0) is 0 Å². The molecular weight excluding hydrogens is 399 g/mol. The van der Waals surface area contributed by atoms with Gasteiger partial charge < -0.3 is 9.80 Å². The third kappa shape index (κ3) is 3.17. The van der Waals surface area contributed by atoms with E-state index in [9.17, 15) is 18.0 Å². The zero-order valence-electron chi connectivity index (χ0n) is 16.0. The number of hydrogen-bond acceptors (Lipinski definition) is 6. The number of aromatic nitrogens is 3. The Labute approximate surface area is 170 Å². The summed E-state index contributed by atoms with van der Waals surface area (Å²) in [5.41, 5.74) is 0.754. The minimum atomic E-state index is -4.32. The number of carbonyl (C=O) groups is 1. The lowest BCUT2D eigenvalue weighted by molar-refractivity contribution is -0.146. The van der Waals surface area contributed by atoms with Gasteiger partial charge in [-0.25, -0.2) is 14.8 Å². The molecule has 2 fully saturated rings. The summed E-state index contributed by atoms with van der Waals surface area (Å²) < 4.78 is 40.4. The maximum Gasteiger partial charge on any atom is 0.408 e. The molecule has 2 atom stereocenters. The molecule has 0 aromatic carbocycles. The lowest BCUT2D eigenvalue weighted by Crippen LogP contribution is -2.49. The summed E-state index contributed by atoms with van der Waals surface area (Å²) in [6, 6.07) is 1.33. The van der Waals surface area contributed by atoms with Gasteiger partial charge in [-0.3, -0.25) is 15.2 Å². The highest BCUT2D eigenvalue weighted by Crippen LogP contribution is 2.42. The van der Waals surface area contributed by atoms with Crippen LogP contribution in [0.3, 0.4) is 0 Å². The second kappa shape index (κ2) is 6.99. The largest absolute Gasteiger partial charge is 0.408 e. The predicted molar refractivity (Wildman–Crippen MR) is 105 cm³/mol. The fourth-order valence-electron chi connectivity index (χ4n) is 4.54. The molecule has 1 N–H and O–H groups in total. The molecule has 0 radical (unpaired) electrons. The van der Waals surface area contributed by atoms with Crippen molar-refractivity contribution in [2.75, 3.05) is 39.7 Å². The van der Waals surface area contributed by atoms with Gasteiger partial charge in [-0.05, 0) is 31.4 Å². The lowest BCUT2D eigenvalue weighted by atomic mass is 10.2. The van der Waals surface area contributed by atoms with E-state index < -0.39 is 18.2 Å². The molecule has 5 rings (SSSR count). The Balaban J connectivity index is 1.50. The fourth-order valence-corrected chi connectivity index (χ4v) is 4.54. The van der Waals surface area contributed by atoms with Crippen molar-refractivity contribution < 1.29 is 18.0 Å². The van der Waals surface area contributed by atoms with E-state index in [2.05, 4.69) is 25.2 Å². The average Bonchev–Trinajstić information content (AvgIpc) is 3.37. The summed E-state index contributed by atoms with van der Waals surface area (Å²) in [6.07, 6.45) is 1.35. The number of urea groups is 1. The van der Waals surface area contributed by atoms with Crippen LogP contribution in [0.4, 0.5) is 41.1 Å². The number of fused-ring (bicyclic) bond motifs is 4. The molecule has 5 heterocycles. The van der Waals surface area contributed by atoms with Gasteiger partial charge in [0.05, 0.1) is 17.9 Å². The zero-order chi connectivity index (χ0) is 20.9. The van der Waals surface area contributed by atoms with E-state index in [-0.39, 0.29) is 24.8 Å². The molecule has 0 spiro atoms. The van der Waals surface area contributed by atoms with Gasteiger partial charge in [-0.15, -0.1) is 0 Å². The molecular formula is C19H20F3N7O. The Morgan fingerprint density at radius 2 is 2.03 bits per heavy atom. The molecule has 3 aliphatic heterocycles. The van der Waals surface area contributed by atoms with Crippen LogP contribution in [0.2, 0.25) is 0 Å². The minimum Gasteiger partial charge on any atom is -0.366 e. The average molecular weight is 419 g/mol. The Hall–Kier alpha value is -3.11. The molecule has 0 saturated carbocycles. The van der Waals surface area contributed by atoms with Crippen molar-refractivity contribution in [3.8, 4) is 0 Å². The molecule has 30 heavy (non-hydrogen) atoms. The van der Waals surface area contributed by atoms with Crippen LogP contribution in [0, 0.1) is 0 Å². The predicted octanol–water partition coefficient (Wildman–Crippen LogP) is 3.03. The second-order valence-electron chi connectivity index (χ2n) is 7.68. The third-order valence-corrected chi connectivity index (χ3v) is 5.88. The van der Waals surface area contributed by atoms with Crippen LogP contribution >= 0.6 is 0 Å². The smallest absolute Gasteiger partial charge is 0.366 e. The number of hydrogen-bond donors (Lipinski definition) is 1. The zero-order valence-corrected chi connectivity index (χ0v) is 16.0.